The standard InChI is InChI=1S/C11H16FN3O/c1-8(15-2-4-16-5-3-15)11-10(12)6-9(13)7-14-11/h6-8H,2-5,13H2,1H3. The number of aromatic nitrogens is 1. The minimum atomic E-state index is -0.334. The van der Waals surface area contributed by atoms with Crippen molar-refractivity contribution in [1.29, 1.82) is 0 Å². The quantitative estimate of drug-likeness (QED) is 0.821. The molecule has 0 spiro atoms. The fourth-order valence-corrected chi connectivity index (χ4v) is 1.91. The number of nitrogens with zero attached hydrogens (tertiary/aromatic N) is 2. The number of morpholine rings is 1. The van der Waals surface area contributed by atoms with Gasteiger partial charge >= 0.3 is 0 Å². The van der Waals surface area contributed by atoms with Crippen molar-refractivity contribution in [1.82, 2.24) is 9.88 Å². The SMILES string of the molecule is CC(c1ncc(N)cc1F)N1CCOCC1. The third kappa shape index (κ3) is 2.31. The van der Waals surface area contributed by atoms with Gasteiger partial charge in [0.25, 0.3) is 0 Å². The molecule has 1 saturated heterocycles. The van der Waals surface area contributed by atoms with Crippen molar-refractivity contribution < 1.29 is 9.13 Å². The second kappa shape index (κ2) is 4.76. The number of ether oxygens (including phenoxy) is 1. The van der Waals surface area contributed by atoms with Crippen LogP contribution in [0.25, 0.3) is 0 Å². The van der Waals surface area contributed by atoms with Crippen molar-refractivity contribution >= 4 is 5.69 Å². The number of rotatable bonds is 2. The maximum absolute atomic E-state index is 13.7. The number of hydrogen-bond acceptors (Lipinski definition) is 4. The summed E-state index contributed by atoms with van der Waals surface area (Å²) >= 11 is 0. The van der Waals surface area contributed by atoms with Gasteiger partial charge in [0.15, 0.2) is 0 Å². The van der Waals surface area contributed by atoms with Crippen LogP contribution in [0.2, 0.25) is 0 Å². The van der Waals surface area contributed by atoms with Crippen molar-refractivity contribution in [2.24, 2.45) is 0 Å². The molecule has 0 saturated carbocycles. The number of halogens is 1. The fraction of sp³-hybridized carbons (Fsp3) is 0.545. The highest BCUT2D eigenvalue weighted by molar-refractivity contribution is 5.36. The van der Waals surface area contributed by atoms with Crippen LogP contribution in [0, 0.1) is 5.82 Å². The van der Waals surface area contributed by atoms with E-state index in [-0.39, 0.29) is 11.9 Å². The zero-order valence-electron chi connectivity index (χ0n) is 9.32. The van der Waals surface area contributed by atoms with E-state index in [0.29, 0.717) is 24.6 Å². The van der Waals surface area contributed by atoms with Gasteiger partial charge in [-0.3, -0.25) is 9.88 Å². The molecular weight excluding hydrogens is 209 g/mol. The van der Waals surface area contributed by atoms with Gasteiger partial charge in [0.2, 0.25) is 0 Å². The Hall–Kier alpha value is -1.20. The molecule has 1 aliphatic heterocycles. The number of nitrogen functional groups attached to an aromatic ring is 1. The molecular formula is C11H16FN3O. The minimum absolute atomic E-state index is 0.0375. The molecule has 0 aromatic carbocycles. The number of nitrogens with two attached hydrogens (primary N) is 1. The molecule has 2 rings (SSSR count). The molecule has 0 bridgehead atoms. The summed E-state index contributed by atoms with van der Waals surface area (Å²) in [5.41, 5.74) is 6.28. The van der Waals surface area contributed by atoms with E-state index in [9.17, 15) is 4.39 Å². The Bertz CT molecular complexity index is 366. The topological polar surface area (TPSA) is 51.4 Å². The summed E-state index contributed by atoms with van der Waals surface area (Å²) in [6.45, 7) is 4.97. The van der Waals surface area contributed by atoms with Gasteiger partial charge in [0.1, 0.15) is 5.82 Å². The molecule has 1 fully saturated rings. The molecule has 0 radical (unpaired) electrons. The van der Waals surface area contributed by atoms with Crippen molar-refractivity contribution in [3.8, 4) is 0 Å². The molecule has 1 aliphatic rings. The Balaban J connectivity index is 2.15. The monoisotopic (exact) mass is 225 g/mol. The molecule has 16 heavy (non-hydrogen) atoms. The first-order valence-corrected chi connectivity index (χ1v) is 5.41. The largest absolute Gasteiger partial charge is 0.397 e. The lowest BCUT2D eigenvalue weighted by molar-refractivity contribution is 0.0183. The van der Waals surface area contributed by atoms with Crippen LogP contribution in [0.5, 0.6) is 0 Å². The van der Waals surface area contributed by atoms with Crippen molar-refractivity contribution in [2.45, 2.75) is 13.0 Å². The van der Waals surface area contributed by atoms with Crippen molar-refractivity contribution in [2.75, 3.05) is 32.0 Å². The first kappa shape index (κ1) is 11.3. The molecule has 88 valence electrons. The Labute approximate surface area is 94.2 Å². The number of anilines is 1. The summed E-state index contributed by atoms with van der Waals surface area (Å²) in [6.07, 6.45) is 1.50. The molecule has 1 aromatic heterocycles. The normalized spacial score (nSPS) is 19.6. The zero-order valence-corrected chi connectivity index (χ0v) is 9.32. The van der Waals surface area contributed by atoms with Crippen molar-refractivity contribution in [3.05, 3.63) is 23.8 Å². The van der Waals surface area contributed by atoms with Crippen LogP contribution >= 0.6 is 0 Å². The molecule has 0 aliphatic carbocycles. The predicted molar refractivity (Wildman–Crippen MR) is 59.4 cm³/mol. The Morgan fingerprint density at radius 1 is 1.50 bits per heavy atom. The molecule has 5 heteroatoms. The van der Waals surface area contributed by atoms with Crippen LogP contribution in [-0.2, 0) is 4.74 Å². The van der Waals surface area contributed by atoms with Crippen LogP contribution in [0.15, 0.2) is 12.3 Å². The fourth-order valence-electron chi connectivity index (χ4n) is 1.91. The predicted octanol–water partition coefficient (Wildman–Crippen LogP) is 1.20. The van der Waals surface area contributed by atoms with Gasteiger partial charge in [-0.2, -0.15) is 0 Å². The lowest BCUT2D eigenvalue weighted by atomic mass is 10.1. The minimum Gasteiger partial charge on any atom is -0.397 e. The zero-order chi connectivity index (χ0) is 11.5. The van der Waals surface area contributed by atoms with Crippen LogP contribution < -0.4 is 5.73 Å². The van der Waals surface area contributed by atoms with E-state index in [0.717, 1.165) is 13.1 Å². The summed E-state index contributed by atoms with van der Waals surface area (Å²) in [5.74, 6) is -0.334. The maximum atomic E-state index is 13.7. The lowest BCUT2D eigenvalue weighted by Gasteiger charge is -2.31. The second-order valence-electron chi connectivity index (χ2n) is 3.96. The highest BCUT2D eigenvalue weighted by atomic mass is 19.1. The van der Waals surface area contributed by atoms with Gasteiger partial charge in [-0.1, -0.05) is 0 Å². The first-order chi connectivity index (χ1) is 7.68. The molecule has 1 aromatic rings. The molecule has 2 N–H and O–H groups in total. The Morgan fingerprint density at radius 2 is 2.19 bits per heavy atom. The second-order valence-corrected chi connectivity index (χ2v) is 3.96. The number of pyridine rings is 1. The van der Waals surface area contributed by atoms with E-state index in [1.165, 1.54) is 12.3 Å². The summed E-state index contributed by atoms with van der Waals surface area (Å²) in [5, 5.41) is 0. The average Bonchev–Trinajstić information content (AvgIpc) is 2.29. The smallest absolute Gasteiger partial charge is 0.148 e. The summed E-state index contributed by atoms with van der Waals surface area (Å²) < 4.78 is 18.9. The Morgan fingerprint density at radius 3 is 2.81 bits per heavy atom. The highest BCUT2D eigenvalue weighted by Gasteiger charge is 2.22. The Kier molecular flexibility index (Phi) is 3.36. The van der Waals surface area contributed by atoms with Crippen LogP contribution in [-0.4, -0.2) is 36.2 Å². The average molecular weight is 225 g/mol. The third-order valence-corrected chi connectivity index (χ3v) is 2.88. The van der Waals surface area contributed by atoms with Gasteiger partial charge in [-0.25, -0.2) is 4.39 Å². The summed E-state index contributed by atoms with van der Waals surface area (Å²) in [7, 11) is 0. The van der Waals surface area contributed by atoms with Gasteiger partial charge in [-0.05, 0) is 6.92 Å². The molecule has 1 unspecified atom stereocenters. The summed E-state index contributed by atoms with van der Waals surface area (Å²) in [4.78, 5) is 6.23. The lowest BCUT2D eigenvalue weighted by Crippen LogP contribution is -2.38. The van der Waals surface area contributed by atoms with Gasteiger partial charge in [0, 0.05) is 19.2 Å². The molecule has 4 nitrogen and oxygen atoms in total. The van der Waals surface area contributed by atoms with Gasteiger partial charge in [0.05, 0.1) is 36.8 Å². The van der Waals surface area contributed by atoms with E-state index in [1.54, 1.807) is 0 Å². The van der Waals surface area contributed by atoms with E-state index < -0.39 is 0 Å². The summed E-state index contributed by atoms with van der Waals surface area (Å²) in [6, 6.07) is 1.28. The maximum Gasteiger partial charge on any atom is 0.148 e. The molecule has 1 atom stereocenters. The van der Waals surface area contributed by atoms with E-state index >= 15 is 0 Å². The van der Waals surface area contributed by atoms with Crippen LogP contribution in [0.1, 0.15) is 18.7 Å². The van der Waals surface area contributed by atoms with Crippen molar-refractivity contribution in [3.63, 3.8) is 0 Å². The van der Waals surface area contributed by atoms with Crippen LogP contribution in [0.3, 0.4) is 0 Å². The van der Waals surface area contributed by atoms with E-state index in [2.05, 4.69) is 9.88 Å². The van der Waals surface area contributed by atoms with Crippen LogP contribution in [0.4, 0.5) is 10.1 Å². The van der Waals surface area contributed by atoms with E-state index in [4.69, 9.17) is 10.5 Å². The molecule has 2 heterocycles. The van der Waals surface area contributed by atoms with Gasteiger partial charge < -0.3 is 10.5 Å². The third-order valence-electron chi connectivity index (χ3n) is 2.88. The van der Waals surface area contributed by atoms with E-state index in [1.807, 2.05) is 6.92 Å². The molecule has 0 amide bonds. The number of hydrogen-bond donors (Lipinski definition) is 1. The van der Waals surface area contributed by atoms with Gasteiger partial charge in [-0.15, -0.1) is 0 Å². The first-order valence-electron chi connectivity index (χ1n) is 5.41. The highest BCUT2D eigenvalue weighted by Crippen LogP contribution is 2.22.